The second-order valence-electron chi connectivity index (χ2n) is 8.90. The Kier molecular flexibility index (Phi) is 6.80. The van der Waals surface area contributed by atoms with Crippen LogP contribution in [0.5, 0.6) is 11.5 Å². The molecule has 3 aromatic carbocycles. The van der Waals surface area contributed by atoms with Crippen molar-refractivity contribution in [2.24, 2.45) is 0 Å². The van der Waals surface area contributed by atoms with Crippen LogP contribution in [0.25, 0.3) is 0 Å². The molecule has 0 aliphatic carbocycles. The molecule has 0 saturated carbocycles. The van der Waals surface area contributed by atoms with Crippen molar-refractivity contribution in [3.8, 4) is 11.5 Å². The Morgan fingerprint density at radius 1 is 0.806 bits per heavy atom. The highest BCUT2D eigenvalue weighted by molar-refractivity contribution is 5.94. The fraction of sp³-hybridized carbons (Fsp3) is 0.207. The summed E-state index contributed by atoms with van der Waals surface area (Å²) >= 11 is 0. The molecular weight excluding hydrogens is 450 g/mol. The van der Waals surface area contributed by atoms with Gasteiger partial charge in [-0.1, -0.05) is 35.9 Å². The second-order valence-corrected chi connectivity index (χ2v) is 8.90. The Bertz CT molecular complexity index is 1320. The first kappa shape index (κ1) is 23.4. The van der Waals surface area contributed by atoms with Gasteiger partial charge in [-0.25, -0.2) is 4.98 Å². The van der Waals surface area contributed by atoms with Crippen molar-refractivity contribution in [3.05, 3.63) is 102 Å². The van der Waals surface area contributed by atoms with Crippen molar-refractivity contribution in [2.75, 3.05) is 36.4 Å². The normalized spacial score (nSPS) is 13.4. The number of rotatable bonds is 6. The van der Waals surface area contributed by atoms with Crippen molar-refractivity contribution in [1.29, 1.82) is 0 Å². The van der Waals surface area contributed by atoms with Crippen LogP contribution in [-0.4, -0.2) is 47.0 Å². The Morgan fingerprint density at radius 2 is 1.47 bits per heavy atom. The lowest BCUT2D eigenvalue weighted by atomic mass is 10.1. The maximum absolute atomic E-state index is 13.1. The van der Waals surface area contributed by atoms with Crippen LogP contribution in [0.15, 0.2) is 84.9 Å². The molecule has 1 fully saturated rings. The largest absolute Gasteiger partial charge is 0.457 e. The van der Waals surface area contributed by atoms with E-state index in [1.165, 1.54) is 5.56 Å². The Balaban J connectivity index is 1.19. The molecule has 182 valence electrons. The third kappa shape index (κ3) is 5.63. The summed E-state index contributed by atoms with van der Waals surface area (Å²) in [7, 11) is 0. The number of nitrogens with one attached hydrogen (secondary N) is 1. The van der Waals surface area contributed by atoms with Crippen LogP contribution in [0.4, 0.5) is 17.5 Å². The molecule has 0 bridgehead atoms. The molecule has 1 amide bonds. The van der Waals surface area contributed by atoms with Gasteiger partial charge < -0.3 is 19.9 Å². The highest BCUT2D eigenvalue weighted by Crippen LogP contribution is 2.23. The third-order valence-corrected chi connectivity index (χ3v) is 6.10. The van der Waals surface area contributed by atoms with E-state index in [2.05, 4.69) is 34.3 Å². The number of anilines is 3. The number of para-hydroxylation sites is 1. The van der Waals surface area contributed by atoms with Gasteiger partial charge in [0.05, 0.1) is 0 Å². The first-order chi connectivity index (χ1) is 17.5. The van der Waals surface area contributed by atoms with Gasteiger partial charge in [-0.05, 0) is 62.4 Å². The minimum absolute atomic E-state index is 0.0211. The third-order valence-electron chi connectivity index (χ3n) is 6.10. The quantitative estimate of drug-likeness (QED) is 0.389. The Morgan fingerprint density at radius 3 is 2.17 bits per heavy atom. The summed E-state index contributed by atoms with van der Waals surface area (Å²) in [4.78, 5) is 26.5. The Hall–Kier alpha value is -4.39. The fourth-order valence-corrected chi connectivity index (χ4v) is 4.13. The zero-order valence-electron chi connectivity index (χ0n) is 20.5. The van der Waals surface area contributed by atoms with E-state index in [4.69, 9.17) is 9.72 Å². The van der Waals surface area contributed by atoms with Crippen molar-refractivity contribution >= 4 is 23.4 Å². The van der Waals surface area contributed by atoms with Gasteiger partial charge in [0, 0.05) is 49.2 Å². The smallest absolute Gasteiger partial charge is 0.253 e. The summed E-state index contributed by atoms with van der Waals surface area (Å²) in [6.07, 6.45) is 0. The first-order valence-electron chi connectivity index (χ1n) is 12.1. The van der Waals surface area contributed by atoms with Crippen LogP contribution in [0.3, 0.4) is 0 Å². The monoisotopic (exact) mass is 479 g/mol. The summed E-state index contributed by atoms with van der Waals surface area (Å²) in [6.45, 7) is 6.61. The van der Waals surface area contributed by atoms with Crippen molar-refractivity contribution in [3.63, 3.8) is 0 Å². The minimum atomic E-state index is 0.0211. The zero-order valence-corrected chi connectivity index (χ0v) is 20.5. The second kappa shape index (κ2) is 10.5. The molecule has 7 nitrogen and oxygen atoms in total. The first-order valence-corrected chi connectivity index (χ1v) is 12.1. The SMILES string of the molecule is Cc1ccc(Nc2cc(C)nc(N3CCN(C(=O)c4ccc(Oc5ccccc5)cc4)CC3)n2)cc1. The fourth-order valence-electron chi connectivity index (χ4n) is 4.13. The number of ether oxygens (including phenoxy) is 1. The molecule has 1 aliphatic heterocycles. The molecule has 2 heterocycles. The van der Waals surface area contributed by atoms with E-state index in [0.29, 0.717) is 43.4 Å². The van der Waals surface area contributed by atoms with E-state index in [0.717, 1.165) is 22.9 Å². The summed E-state index contributed by atoms with van der Waals surface area (Å²) < 4.78 is 5.83. The highest BCUT2D eigenvalue weighted by atomic mass is 16.5. The van der Waals surface area contributed by atoms with Gasteiger partial charge >= 0.3 is 0 Å². The topological polar surface area (TPSA) is 70.6 Å². The van der Waals surface area contributed by atoms with Gasteiger partial charge in [-0.2, -0.15) is 4.98 Å². The number of carbonyl (C=O) groups excluding carboxylic acids is 1. The highest BCUT2D eigenvalue weighted by Gasteiger charge is 2.24. The van der Waals surface area contributed by atoms with Crippen LogP contribution >= 0.6 is 0 Å². The van der Waals surface area contributed by atoms with Crippen molar-refractivity contribution in [1.82, 2.24) is 14.9 Å². The van der Waals surface area contributed by atoms with Crippen molar-refractivity contribution < 1.29 is 9.53 Å². The molecule has 0 spiro atoms. The molecule has 36 heavy (non-hydrogen) atoms. The number of hydrogen-bond donors (Lipinski definition) is 1. The molecule has 0 radical (unpaired) electrons. The van der Waals surface area contributed by atoms with E-state index >= 15 is 0 Å². The van der Waals surface area contributed by atoms with Crippen LogP contribution in [0.1, 0.15) is 21.6 Å². The molecule has 1 aliphatic rings. The number of benzene rings is 3. The van der Waals surface area contributed by atoms with E-state index in [1.807, 2.05) is 84.6 Å². The maximum Gasteiger partial charge on any atom is 0.253 e. The molecule has 4 aromatic rings. The average Bonchev–Trinajstić information content (AvgIpc) is 2.90. The molecule has 1 aromatic heterocycles. The number of aryl methyl sites for hydroxylation is 2. The number of nitrogens with zero attached hydrogens (tertiary/aromatic N) is 4. The lowest BCUT2D eigenvalue weighted by Gasteiger charge is -2.35. The van der Waals surface area contributed by atoms with E-state index in [9.17, 15) is 4.79 Å². The van der Waals surface area contributed by atoms with Crippen LogP contribution in [0.2, 0.25) is 0 Å². The van der Waals surface area contributed by atoms with Gasteiger partial charge in [0.1, 0.15) is 17.3 Å². The van der Waals surface area contributed by atoms with Crippen LogP contribution in [0, 0.1) is 13.8 Å². The predicted octanol–water partition coefficient (Wildman–Crippen LogP) is 5.59. The molecule has 0 atom stereocenters. The lowest BCUT2D eigenvalue weighted by molar-refractivity contribution is 0.0746. The van der Waals surface area contributed by atoms with Gasteiger partial charge in [-0.15, -0.1) is 0 Å². The number of aromatic nitrogens is 2. The summed E-state index contributed by atoms with van der Waals surface area (Å²) in [5.74, 6) is 2.93. The van der Waals surface area contributed by atoms with Crippen LogP contribution in [-0.2, 0) is 0 Å². The van der Waals surface area contributed by atoms with Gasteiger partial charge in [0.25, 0.3) is 5.91 Å². The number of amides is 1. The van der Waals surface area contributed by atoms with Gasteiger partial charge in [-0.3, -0.25) is 4.79 Å². The molecule has 0 unspecified atom stereocenters. The zero-order chi connectivity index (χ0) is 24.9. The molecule has 1 saturated heterocycles. The average molecular weight is 480 g/mol. The number of hydrogen-bond acceptors (Lipinski definition) is 6. The molecule has 7 heteroatoms. The molecule has 5 rings (SSSR count). The summed E-state index contributed by atoms with van der Waals surface area (Å²) in [6, 6.07) is 27.1. The summed E-state index contributed by atoms with van der Waals surface area (Å²) in [5.41, 5.74) is 3.75. The number of piperazine rings is 1. The van der Waals surface area contributed by atoms with Gasteiger partial charge in [0.2, 0.25) is 5.95 Å². The van der Waals surface area contributed by atoms with Crippen molar-refractivity contribution in [2.45, 2.75) is 13.8 Å². The molecular formula is C29H29N5O2. The minimum Gasteiger partial charge on any atom is -0.457 e. The number of carbonyl (C=O) groups is 1. The Labute approximate surface area is 211 Å². The summed E-state index contributed by atoms with van der Waals surface area (Å²) in [5, 5.41) is 3.37. The predicted molar refractivity (Wildman–Crippen MR) is 142 cm³/mol. The standard InChI is InChI=1S/C29H29N5O2/c1-21-8-12-24(13-9-21)31-27-20-22(2)30-29(32-27)34-18-16-33(17-19-34)28(35)23-10-14-26(15-11-23)36-25-6-4-3-5-7-25/h3-15,20H,16-19H2,1-2H3,(H,30,31,32). The maximum atomic E-state index is 13.1. The van der Waals surface area contributed by atoms with E-state index < -0.39 is 0 Å². The lowest BCUT2D eigenvalue weighted by Crippen LogP contribution is -2.49. The molecule has 1 N–H and O–H groups in total. The van der Waals surface area contributed by atoms with E-state index in [1.54, 1.807) is 0 Å². The van der Waals surface area contributed by atoms with Gasteiger partial charge in [0.15, 0.2) is 0 Å². The van der Waals surface area contributed by atoms with Crippen LogP contribution < -0.4 is 15.0 Å². The van der Waals surface area contributed by atoms with E-state index in [-0.39, 0.29) is 5.91 Å².